The summed E-state index contributed by atoms with van der Waals surface area (Å²) in [7, 11) is 2.10. The van der Waals surface area contributed by atoms with Gasteiger partial charge in [-0.15, -0.1) is 0 Å². The van der Waals surface area contributed by atoms with E-state index in [0.717, 1.165) is 39.0 Å². The highest BCUT2D eigenvalue weighted by atomic mass is 16.2. The smallest absolute Gasteiger partial charge is 0.222 e. The topological polar surface area (TPSA) is 23.6 Å². The van der Waals surface area contributed by atoms with E-state index in [0.29, 0.717) is 5.91 Å². The standard InChI is InChI=1S/C11H22N2O/c1-3-12(2)8-6-7-11(14)13-9-4-5-10-13/h3-10H2,1-2H3. The van der Waals surface area contributed by atoms with Gasteiger partial charge >= 0.3 is 0 Å². The maximum Gasteiger partial charge on any atom is 0.222 e. The average Bonchev–Trinajstić information content (AvgIpc) is 2.70. The zero-order chi connectivity index (χ0) is 10.4. The second-order valence-corrected chi connectivity index (χ2v) is 4.09. The Morgan fingerprint density at radius 1 is 1.36 bits per heavy atom. The Kier molecular flexibility index (Phi) is 4.94. The molecule has 1 heterocycles. The molecule has 82 valence electrons. The van der Waals surface area contributed by atoms with Crippen LogP contribution in [0.1, 0.15) is 32.6 Å². The van der Waals surface area contributed by atoms with Gasteiger partial charge in [-0.2, -0.15) is 0 Å². The molecular weight excluding hydrogens is 176 g/mol. The van der Waals surface area contributed by atoms with E-state index in [9.17, 15) is 4.79 Å². The second-order valence-electron chi connectivity index (χ2n) is 4.09. The molecule has 0 spiro atoms. The number of likely N-dealkylation sites (tertiary alicyclic amines) is 1. The lowest BCUT2D eigenvalue weighted by Gasteiger charge is -2.17. The fourth-order valence-electron chi connectivity index (χ4n) is 1.78. The Labute approximate surface area is 87.1 Å². The van der Waals surface area contributed by atoms with E-state index in [4.69, 9.17) is 0 Å². The summed E-state index contributed by atoms with van der Waals surface area (Å²) in [4.78, 5) is 15.9. The van der Waals surface area contributed by atoms with Crippen LogP contribution in [0.5, 0.6) is 0 Å². The van der Waals surface area contributed by atoms with Crippen LogP contribution in [0.3, 0.4) is 0 Å². The van der Waals surface area contributed by atoms with Crippen molar-refractivity contribution in [2.45, 2.75) is 32.6 Å². The summed E-state index contributed by atoms with van der Waals surface area (Å²) in [6.45, 7) is 6.22. The summed E-state index contributed by atoms with van der Waals surface area (Å²) in [5, 5.41) is 0. The van der Waals surface area contributed by atoms with Gasteiger partial charge in [-0.25, -0.2) is 0 Å². The minimum Gasteiger partial charge on any atom is -0.343 e. The van der Waals surface area contributed by atoms with Gasteiger partial charge in [0.2, 0.25) is 5.91 Å². The molecule has 1 amide bonds. The molecular formula is C11H22N2O. The van der Waals surface area contributed by atoms with Crippen LogP contribution in [0.4, 0.5) is 0 Å². The van der Waals surface area contributed by atoms with E-state index in [-0.39, 0.29) is 0 Å². The summed E-state index contributed by atoms with van der Waals surface area (Å²) >= 11 is 0. The Bertz CT molecular complexity index is 176. The summed E-state index contributed by atoms with van der Waals surface area (Å²) in [6.07, 6.45) is 4.12. The Hall–Kier alpha value is -0.570. The van der Waals surface area contributed by atoms with Crippen LogP contribution in [0.2, 0.25) is 0 Å². The van der Waals surface area contributed by atoms with Crippen molar-refractivity contribution in [2.24, 2.45) is 0 Å². The van der Waals surface area contributed by atoms with Gasteiger partial charge < -0.3 is 9.80 Å². The number of nitrogens with zero attached hydrogens (tertiary/aromatic N) is 2. The van der Waals surface area contributed by atoms with Crippen LogP contribution in [0.25, 0.3) is 0 Å². The number of rotatable bonds is 5. The van der Waals surface area contributed by atoms with Gasteiger partial charge in [-0.05, 0) is 39.4 Å². The van der Waals surface area contributed by atoms with Crippen molar-refractivity contribution in [3.63, 3.8) is 0 Å². The minimum atomic E-state index is 0.354. The zero-order valence-corrected chi connectivity index (χ0v) is 9.46. The van der Waals surface area contributed by atoms with Gasteiger partial charge in [0.25, 0.3) is 0 Å². The third kappa shape index (κ3) is 3.66. The Morgan fingerprint density at radius 2 is 2.00 bits per heavy atom. The molecule has 0 saturated carbocycles. The summed E-state index contributed by atoms with van der Waals surface area (Å²) in [6, 6.07) is 0. The Morgan fingerprint density at radius 3 is 2.57 bits per heavy atom. The van der Waals surface area contributed by atoms with E-state index in [1.807, 2.05) is 4.90 Å². The first kappa shape index (κ1) is 11.5. The van der Waals surface area contributed by atoms with Crippen LogP contribution < -0.4 is 0 Å². The molecule has 0 radical (unpaired) electrons. The molecule has 0 N–H and O–H groups in total. The highest BCUT2D eigenvalue weighted by Gasteiger charge is 2.16. The van der Waals surface area contributed by atoms with Crippen LogP contribution in [0.15, 0.2) is 0 Å². The normalized spacial score (nSPS) is 16.6. The highest BCUT2D eigenvalue weighted by Crippen LogP contribution is 2.09. The van der Waals surface area contributed by atoms with Gasteiger partial charge in [0.15, 0.2) is 0 Å². The molecule has 0 atom stereocenters. The zero-order valence-electron chi connectivity index (χ0n) is 9.46. The first-order chi connectivity index (χ1) is 6.74. The van der Waals surface area contributed by atoms with Gasteiger partial charge in [0.1, 0.15) is 0 Å². The van der Waals surface area contributed by atoms with Crippen LogP contribution in [-0.4, -0.2) is 48.9 Å². The molecule has 1 aliphatic heterocycles. The predicted octanol–water partition coefficient (Wildman–Crippen LogP) is 1.34. The van der Waals surface area contributed by atoms with E-state index in [1.54, 1.807) is 0 Å². The number of hydrogen-bond acceptors (Lipinski definition) is 2. The van der Waals surface area contributed by atoms with Crippen molar-refractivity contribution in [3.8, 4) is 0 Å². The molecule has 1 fully saturated rings. The van der Waals surface area contributed by atoms with E-state index in [2.05, 4.69) is 18.9 Å². The number of amides is 1. The van der Waals surface area contributed by atoms with Crippen molar-refractivity contribution in [1.82, 2.24) is 9.80 Å². The van der Waals surface area contributed by atoms with Crippen LogP contribution in [0, 0.1) is 0 Å². The fourth-order valence-corrected chi connectivity index (χ4v) is 1.78. The monoisotopic (exact) mass is 198 g/mol. The van der Waals surface area contributed by atoms with Crippen molar-refractivity contribution in [3.05, 3.63) is 0 Å². The lowest BCUT2D eigenvalue weighted by atomic mass is 10.2. The molecule has 3 heteroatoms. The fraction of sp³-hybridized carbons (Fsp3) is 0.909. The van der Waals surface area contributed by atoms with Crippen molar-refractivity contribution >= 4 is 5.91 Å². The van der Waals surface area contributed by atoms with Gasteiger partial charge in [0.05, 0.1) is 0 Å². The second kappa shape index (κ2) is 6.02. The average molecular weight is 198 g/mol. The first-order valence-corrected chi connectivity index (χ1v) is 5.70. The minimum absolute atomic E-state index is 0.354. The Balaban J connectivity index is 2.08. The molecule has 0 aliphatic carbocycles. The van der Waals surface area contributed by atoms with Crippen molar-refractivity contribution in [1.29, 1.82) is 0 Å². The summed E-state index contributed by atoms with van der Waals surface area (Å²) in [5.41, 5.74) is 0. The molecule has 1 saturated heterocycles. The third-order valence-electron chi connectivity index (χ3n) is 2.93. The van der Waals surface area contributed by atoms with Crippen molar-refractivity contribution < 1.29 is 4.79 Å². The van der Waals surface area contributed by atoms with Gasteiger partial charge in [-0.3, -0.25) is 4.79 Å². The van der Waals surface area contributed by atoms with E-state index in [1.165, 1.54) is 12.8 Å². The van der Waals surface area contributed by atoms with E-state index >= 15 is 0 Å². The maximum absolute atomic E-state index is 11.6. The summed E-state index contributed by atoms with van der Waals surface area (Å²) in [5.74, 6) is 0.354. The highest BCUT2D eigenvalue weighted by molar-refractivity contribution is 5.76. The number of hydrogen-bond donors (Lipinski definition) is 0. The SMILES string of the molecule is CCN(C)CCCC(=O)N1CCCC1. The van der Waals surface area contributed by atoms with Gasteiger partial charge in [-0.1, -0.05) is 6.92 Å². The largest absolute Gasteiger partial charge is 0.343 e. The lowest BCUT2D eigenvalue weighted by Crippen LogP contribution is -2.28. The number of carbonyl (C=O) groups is 1. The molecule has 0 aromatic heterocycles. The molecule has 0 aromatic carbocycles. The molecule has 0 bridgehead atoms. The van der Waals surface area contributed by atoms with E-state index < -0.39 is 0 Å². The number of carbonyl (C=O) groups excluding carboxylic acids is 1. The predicted molar refractivity (Wildman–Crippen MR) is 58.2 cm³/mol. The quantitative estimate of drug-likeness (QED) is 0.665. The molecule has 1 aliphatic rings. The van der Waals surface area contributed by atoms with Crippen LogP contribution in [-0.2, 0) is 4.79 Å². The molecule has 1 rings (SSSR count). The van der Waals surface area contributed by atoms with Crippen molar-refractivity contribution in [2.75, 3.05) is 33.2 Å². The molecule has 14 heavy (non-hydrogen) atoms. The first-order valence-electron chi connectivity index (χ1n) is 5.70. The molecule has 0 aromatic rings. The third-order valence-corrected chi connectivity index (χ3v) is 2.93. The lowest BCUT2D eigenvalue weighted by molar-refractivity contribution is -0.130. The van der Waals surface area contributed by atoms with Gasteiger partial charge in [0, 0.05) is 19.5 Å². The molecule has 0 unspecified atom stereocenters. The van der Waals surface area contributed by atoms with Crippen LogP contribution >= 0.6 is 0 Å². The summed E-state index contributed by atoms with van der Waals surface area (Å²) < 4.78 is 0. The molecule has 3 nitrogen and oxygen atoms in total. The maximum atomic E-state index is 11.6.